The van der Waals surface area contributed by atoms with Gasteiger partial charge in [-0.2, -0.15) is 0 Å². The smallest absolute Gasteiger partial charge is 0.314 e. The molecule has 3 rings (SSSR count). The standard InChI is InChI=1S/C19H22N2O3/c1-14-5-4-6-15(11-14)9-10-20-19(22)21-12-16-13-23-17-7-2-3-8-18(17)24-16/h2-8,11,16H,9-10,12-13H2,1H3,(H2,20,21,22). The first-order chi connectivity index (χ1) is 11.7. The number of fused-ring (bicyclic) bond motifs is 1. The molecule has 0 bridgehead atoms. The average Bonchev–Trinajstić information content (AvgIpc) is 2.60. The van der Waals surface area contributed by atoms with Crippen molar-refractivity contribution in [1.29, 1.82) is 0 Å². The third kappa shape index (κ3) is 4.41. The van der Waals surface area contributed by atoms with E-state index in [2.05, 4.69) is 35.8 Å². The molecule has 0 aromatic heterocycles. The Balaban J connectivity index is 1.37. The number of carbonyl (C=O) groups is 1. The summed E-state index contributed by atoms with van der Waals surface area (Å²) in [7, 11) is 0. The Bertz CT molecular complexity index is 703. The lowest BCUT2D eigenvalue weighted by Crippen LogP contribution is -2.44. The number of ether oxygens (including phenoxy) is 2. The molecule has 0 fully saturated rings. The molecule has 24 heavy (non-hydrogen) atoms. The van der Waals surface area contributed by atoms with E-state index in [0.29, 0.717) is 19.7 Å². The van der Waals surface area contributed by atoms with Gasteiger partial charge in [0.2, 0.25) is 0 Å². The van der Waals surface area contributed by atoms with Gasteiger partial charge in [0.15, 0.2) is 17.6 Å². The predicted octanol–water partition coefficient (Wildman–Crippen LogP) is 2.68. The molecule has 1 heterocycles. The van der Waals surface area contributed by atoms with Crippen molar-refractivity contribution in [3.05, 3.63) is 59.7 Å². The van der Waals surface area contributed by atoms with Gasteiger partial charge < -0.3 is 20.1 Å². The van der Waals surface area contributed by atoms with Crippen LogP contribution in [0.3, 0.4) is 0 Å². The molecular weight excluding hydrogens is 304 g/mol. The van der Waals surface area contributed by atoms with Crippen LogP contribution in [-0.4, -0.2) is 31.8 Å². The maximum absolute atomic E-state index is 11.9. The number of rotatable bonds is 5. The van der Waals surface area contributed by atoms with E-state index in [1.807, 2.05) is 30.3 Å². The molecule has 5 heteroatoms. The van der Waals surface area contributed by atoms with E-state index in [1.54, 1.807) is 0 Å². The van der Waals surface area contributed by atoms with Gasteiger partial charge in [0.05, 0.1) is 6.54 Å². The average molecular weight is 326 g/mol. The molecule has 1 atom stereocenters. The highest BCUT2D eigenvalue weighted by molar-refractivity contribution is 5.73. The molecule has 0 saturated heterocycles. The van der Waals surface area contributed by atoms with E-state index >= 15 is 0 Å². The van der Waals surface area contributed by atoms with Gasteiger partial charge in [-0.05, 0) is 31.0 Å². The summed E-state index contributed by atoms with van der Waals surface area (Å²) in [5, 5.41) is 5.69. The fourth-order valence-electron chi connectivity index (χ4n) is 2.62. The Morgan fingerprint density at radius 3 is 2.79 bits per heavy atom. The predicted molar refractivity (Wildman–Crippen MR) is 92.6 cm³/mol. The quantitative estimate of drug-likeness (QED) is 0.888. The molecule has 2 N–H and O–H groups in total. The van der Waals surface area contributed by atoms with E-state index in [4.69, 9.17) is 9.47 Å². The number of amides is 2. The topological polar surface area (TPSA) is 59.6 Å². The molecule has 0 spiro atoms. The van der Waals surface area contributed by atoms with Crippen molar-refractivity contribution < 1.29 is 14.3 Å². The van der Waals surface area contributed by atoms with E-state index in [9.17, 15) is 4.79 Å². The molecule has 2 amide bonds. The number of carbonyl (C=O) groups excluding carboxylic acids is 1. The maximum atomic E-state index is 11.9. The van der Waals surface area contributed by atoms with Gasteiger partial charge in [-0.25, -0.2) is 4.79 Å². The van der Waals surface area contributed by atoms with Crippen LogP contribution in [0, 0.1) is 6.92 Å². The molecule has 1 unspecified atom stereocenters. The summed E-state index contributed by atoms with van der Waals surface area (Å²) in [5.41, 5.74) is 2.45. The molecule has 2 aromatic rings. The number of benzene rings is 2. The second-order valence-electron chi connectivity index (χ2n) is 5.87. The van der Waals surface area contributed by atoms with E-state index < -0.39 is 0 Å². The van der Waals surface area contributed by atoms with Crippen LogP contribution in [0.2, 0.25) is 0 Å². The summed E-state index contributed by atoms with van der Waals surface area (Å²) in [6.45, 7) is 3.50. The lowest BCUT2D eigenvalue weighted by molar-refractivity contribution is 0.0918. The van der Waals surface area contributed by atoms with Crippen LogP contribution in [0.15, 0.2) is 48.5 Å². The van der Waals surface area contributed by atoms with Crippen LogP contribution in [-0.2, 0) is 6.42 Å². The summed E-state index contributed by atoms with van der Waals surface area (Å²) in [6, 6.07) is 15.6. The van der Waals surface area contributed by atoms with Gasteiger partial charge in [0, 0.05) is 6.54 Å². The molecular formula is C19H22N2O3. The minimum atomic E-state index is -0.190. The molecule has 5 nitrogen and oxygen atoms in total. The van der Waals surface area contributed by atoms with Crippen LogP contribution >= 0.6 is 0 Å². The first-order valence-electron chi connectivity index (χ1n) is 8.16. The Labute approximate surface area is 142 Å². The van der Waals surface area contributed by atoms with Crippen molar-refractivity contribution in [1.82, 2.24) is 10.6 Å². The van der Waals surface area contributed by atoms with Crippen LogP contribution in [0.5, 0.6) is 11.5 Å². The van der Waals surface area contributed by atoms with E-state index in [1.165, 1.54) is 11.1 Å². The van der Waals surface area contributed by atoms with Gasteiger partial charge in [-0.15, -0.1) is 0 Å². The zero-order valence-corrected chi connectivity index (χ0v) is 13.7. The lowest BCUT2D eigenvalue weighted by atomic mass is 10.1. The Hall–Kier alpha value is -2.69. The molecule has 126 valence electrons. The summed E-state index contributed by atoms with van der Waals surface area (Å²) in [6.07, 6.45) is 0.633. The van der Waals surface area contributed by atoms with E-state index in [-0.39, 0.29) is 12.1 Å². The highest BCUT2D eigenvalue weighted by atomic mass is 16.6. The molecule has 0 radical (unpaired) electrons. The minimum absolute atomic E-state index is 0.178. The van der Waals surface area contributed by atoms with Gasteiger partial charge in [0.25, 0.3) is 0 Å². The fourth-order valence-corrected chi connectivity index (χ4v) is 2.62. The van der Waals surface area contributed by atoms with Crippen molar-refractivity contribution in [3.8, 4) is 11.5 Å². The SMILES string of the molecule is Cc1cccc(CCNC(=O)NCC2COc3ccccc3O2)c1. The van der Waals surface area contributed by atoms with Crippen molar-refractivity contribution in [2.45, 2.75) is 19.4 Å². The Kier molecular flexibility index (Phi) is 5.21. The molecule has 1 aliphatic heterocycles. The van der Waals surface area contributed by atoms with Crippen LogP contribution in [0.1, 0.15) is 11.1 Å². The molecule has 2 aromatic carbocycles. The largest absolute Gasteiger partial charge is 0.486 e. The van der Waals surface area contributed by atoms with Crippen molar-refractivity contribution in [2.24, 2.45) is 0 Å². The van der Waals surface area contributed by atoms with Crippen LogP contribution < -0.4 is 20.1 Å². The lowest BCUT2D eigenvalue weighted by Gasteiger charge is -2.26. The Morgan fingerprint density at radius 2 is 1.96 bits per heavy atom. The van der Waals surface area contributed by atoms with Gasteiger partial charge in [-0.3, -0.25) is 0 Å². The third-order valence-electron chi connectivity index (χ3n) is 3.84. The number of urea groups is 1. The zero-order chi connectivity index (χ0) is 16.8. The summed E-state index contributed by atoms with van der Waals surface area (Å²) >= 11 is 0. The fraction of sp³-hybridized carbons (Fsp3) is 0.316. The minimum Gasteiger partial charge on any atom is -0.486 e. The van der Waals surface area contributed by atoms with Crippen LogP contribution in [0.4, 0.5) is 4.79 Å². The van der Waals surface area contributed by atoms with Crippen molar-refractivity contribution >= 4 is 6.03 Å². The monoisotopic (exact) mass is 326 g/mol. The molecule has 1 aliphatic rings. The van der Waals surface area contributed by atoms with Gasteiger partial charge in [0.1, 0.15) is 6.61 Å². The molecule has 0 saturated carbocycles. The first-order valence-corrected chi connectivity index (χ1v) is 8.16. The summed E-state index contributed by atoms with van der Waals surface area (Å²) in [5.74, 6) is 1.46. The van der Waals surface area contributed by atoms with E-state index in [0.717, 1.165) is 17.9 Å². The zero-order valence-electron chi connectivity index (χ0n) is 13.7. The highest BCUT2D eigenvalue weighted by Gasteiger charge is 2.20. The second-order valence-corrected chi connectivity index (χ2v) is 5.87. The third-order valence-corrected chi connectivity index (χ3v) is 3.84. The van der Waals surface area contributed by atoms with Crippen molar-refractivity contribution in [2.75, 3.05) is 19.7 Å². The molecule has 0 aliphatic carbocycles. The normalized spacial score (nSPS) is 15.6. The summed E-state index contributed by atoms with van der Waals surface area (Å²) < 4.78 is 11.4. The first kappa shape index (κ1) is 16.2. The highest BCUT2D eigenvalue weighted by Crippen LogP contribution is 2.30. The number of aryl methyl sites for hydroxylation is 1. The Morgan fingerprint density at radius 1 is 1.12 bits per heavy atom. The number of hydrogen-bond donors (Lipinski definition) is 2. The van der Waals surface area contributed by atoms with Gasteiger partial charge in [-0.1, -0.05) is 42.0 Å². The van der Waals surface area contributed by atoms with Crippen molar-refractivity contribution in [3.63, 3.8) is 0 Å². The van der Waals surface area contributed by atoms with Gasteiger partial charge >= 0.3 is 6.03 Å². The number of hydrogen-bond acceptors (Lipinski definition) is 3. The maximum Gasteiger partial charge on any atom is 0.314 e. The number of para-hydroxylation sites is 2. The number of nitrogens with one attached hydrogen (secondary N) is 2. The van der Waals surface area contributed by atoms with Crippen LogP contribution in [0.25, 0.3) is 0 Å². The summed E-state index contributed by atoms with van der Waals surface area (Å²) in [4.78, 5) is 11.9. The second kappa shape index (κ2) is 7.73.